The number of carbonyl (C=O) groups excluding carboxylic acids is 2. The zero-order chi connectivity index (χ0) is 20.1. The van der Waals surface area contributed by atoms with E-state index in [1.807, 2.05) is 0 Å². The fourth-order valence-electron chi connectivity index (χ4n) is 4.41. The molecule has 4 nitrogen and oxygen atoms in total. The molecule has 2 heterocycles. The van der Waals surface area contributed by atoms with Gasteiger partial charge in [-0.1, -0.05) is 11.6 Å². The van der Waals surface area contributed by atoms with Gasteiger partial charge < -0.3 is 9.15 Å². The molecule has 0 unspecified atom stereocenters. The van der Waals surface area contributed by atoms with Crippen molar-refractivity contribution in [2.45, 2.75) is 44.4 Å². The van der Waals surface area contributed by atoms with Crippen molar-refractivity contribution in [1.29, 1.82) is 0 Å². The van der Waals surface area contributed by atoms with E-state index in [2.05, 4.69) is 0 Å². The predicted molar refractivity (Wildman–Crippen MR) is 105 cm³/mol. The Morgan fingerprint density at radius 3 is 2.17 bits per heavy atom. The summed E-state index contributed by atoms with van der Waals surface area (Å²) in [4.78, 5) is 25.6. The first kappa shape index (κ1) is 18.4. The minimum atomic E-state index is -0.543. The molecule has 0 fully saturated rings. The molecule has 0 bridgehead atoms. The lowest BCUT2D eigenvalue weighted by atomic mass is 9.75. The SMILES string of the molecule is O=C1CCCC2=C1C(c1ccc(-c3ccc(F)c(Cl)c3)o1)C1=C(CCCC1=O)O2. The van der Waals surface area contributed by atoms with E-state index in [9.17, 15) is 14.0 Å². The zero-order valence-corrected chi connectivity index (χ0v) is 16.4. The van der Waals surface area contributed by atoms with Gasteiger partial charge in [-0.05, 0) is 43.2 Å². The van der Waals surface area contributed by atoms with Gasteiger partial charge in [0, 0.05) is 42.4 Å². The van der Waals surface area contributed by atoms with Crippen LogP contribution in [-0.4, -0.2) is 11.6 Å². The van der Waals surface area contributed by atoms with Crippen LogP contribution in [0, 0.1) is 5.82 Å². The van der Waals surface area contributed by atoms with Crippen LogP contribution >= 0.6 is 11.6 Å². The molecule has 6 heteroatoms. The van der Waals surface area contributed by atoms with E-state index < -0.39 is 11.7 Å². The van der Waals surface area contributed by atoms with Crippen molar-refractivity contribution in [3.8, 4) is 11.3 Å². The largest absolute Gasteiger partial charge is 0.465 e. The molecule has 0 saturated carbocycles. The Morgan fingerprint density at radius 1 is 0.897 bits per heavy atom. The first-order chi connectivity index (χ1) is 14.0. The summed E-state index contributed by atoms with van der Waals surface area (Å²) in [6, 6.07) is 7.90. The van der Waals surface area contributed by atoms with E-state index in [1.54, 1.807) is 18.2 Å². The van der Waals surface area contributed by atoms with Crippen LogP contribution in [-0.2, 0) is 14.3 Å². The molecule has 1 aromatic carbocycles. The molecule has 3 aliphatic rings. The van der Waals surface area contributed by atoms with E-state index in [4.69, 9.17) is 20.8 Å². The predicted octanol–water partition coefficient (Wildman–Crippen LogP) is 5.87. The second-order valence-corrected chi connectivity index (χ2v) is 8.00. The van der Waals surface area contributed by atoms with E-state index in [0.717, 1.165) is 12.8 Å². The standard InChI is InChI=1S/C23H18ClFO4/c24-13-11-12(7-8-14(13)25)17-9-10-20(28-17)23-21-15(26)3-1-5-18(21)29-19-6-2-4-16(27)22(19)23/h7-11,23H,1-6H2. The number of furan rings is 1. The van der Waals surface area contributed by atoms with Gasteiger partial charge in [0.2, 0.25) is 0 Å². The quantitative estimate of drug-likeness (QED) is 0.619. The molecule has 0 N–H and O–H groups in total. The Balaban J connectivity index is 1.62. The van der Waals surface area contributed by atoms with Crippen molar-refractivity contribution in [3.05, 3.63) is 69.6 Å². The van der Waals surface area contributed by atoms with Gasteiger partial charge in [-0.15, -0.1) is 0 Å². The van der Waals surface area contributed by atoms with Gasteiger partial charge in [-0.25, -0.2) is 4.39 Å². The highest BCUT2D eigenvalue weighted by Crippen LogP contribution is 2.48. The Labute approximate surface area is 172 Å². The number of benzene rings is 1. The summed E-state index contributed by atoms with van der Waals surface area (Å²) in [5, 5.41) is 0.00595. The summed E-state index contributed by atoms with van der Waals surface area (Å²) in [5.41, 5.74) is 1.72. The van der Waals surface area contributed by atoms with Crippen LogP contribution in [0.25, 0.3) is 11.3 Å². The number of ether oxygens (including phenoxy) is 1. The van der Waals surface area contributed by atoms with Crippen LogP contribution in [0.1, 0.15) is 50.2 Å². The number of carbonyl (C=O) groups is 2. The van der Waals surface area contributed by atoms with Crippen LogP contribution in [0.2, 0.25) is 5.02 Å². The summed E-state index contributed by atoms with van der Waals surface area (Å²) in [6.45, 7) is 0. The lowest BCUT2D eigenvalue weighted by Gasteiger charge is -2.34. The molecule has 0 amide bonds. The molecule has 1 aromatic heterocycles. The number of hydrogen-bond acceptors (Lipinski definition) is 4. The fourth-order valence-corrected chi connectivity index (χ4v) is 4.60. The number of hydrogen-bond donors (Lipinski definition) is 0. The Kier molecular flexibility index (Phi) is 4.43. The van der Waals surface area contributed by atoms with Crippen molar-refractivity contribution >= 4 is 23.2 Å². The Morgan fingerprint density at radius 2 is 1.55 bits per heavy atom. The molecule has 148 valence electrons. The molecular weight excluding hydrogens is 395 g/mol. The van der Waals surface area contributed by atoms with Gasteiger partial charge in [0.15, 0.2) is 11.6 Å². The van der Waals surface area contributed by atoms with Crippen molar-refractivity contribution in [3.63, 3.8) is 0 Å². The van der Waals surface area contributed by atoms with Crippen molar-refractivity contribution in [1.82, 2.24) is 0 Å². The lowest BCUT2D eigenvalue weighted by Crippen LogP contribution is -2.30. The monoisotopic (exact) mass is 412 g/mol. The smallest absolute Gasteiger partial charge is 0.163 e. The van der Waals surface area contributed by atoms with E-state index in [-0.39, 0.29) is 16.6 Å². The summed E-state index contributed by atoms with van der Waals surface area (Å²) in [5.74, 6) is 1.33. The highest BCUT2D eigenvalue weighted by molar-refractivity contribution is 6.31. The highest BCUT2D eigenvalue weighted by Gasteiger charge is 2.43. The van der Waals surface area contributed by atoms with E-state index >= 15 is 0 Å². The maximum absolute atomic E-state index is 13.5. The molecule has 0 radical (unpaired) electrons. The molecule has 2 aliphatic carbocycles. The first-order valence-electron chi connectivity index (χ1n) is 9.78. The molecule has 2 aromatic rings. The maximum Gasteiger partial charge on any atom is 0.163 e. The highest BCUT2D eigenvalue weighted by atomic mass is 35.5. The number of ketones is 2. The van der Waals surface area contributed by atoms with Crippen LogP contribution in [0.4, 0.5) is 4.39 Å². The van der Waals surface area contributed by atoms with Gasteiger partial charge in [-0.3, -0.25) is 9.59 Å². The summed E-state index contributed by atoms with van der Waals surface area (Å²) < 4.78 is 25.6. The van der Waals surface area contributed by atoms with Crippen LogP contribution < -0.4 is 0 Å². The van der Waals surface area contributed by atoms with Crippen LogP contribution in [0.15, 0.2) is 57.4 Å². The second kappa shape index (κ2) is 6.99. The number of Topliss-reactive ketones (excluding diaryl/α,β-unsaturated/α-hetero) is 2. The van der Waals surface area contributed by atoms with Gasteiger partial charge >= 0.3 is 0 Å². The number of rotatable bonds is 2. The molecular formula is C23H18ClFO4. The van der Waals surface area contributed by atoms with Crippen LogP contribution in [0.5, 0.6) is 0 Å². The lowest BCUT2D eigenvalue weighted by molar-refractivity contribution is -0.117. The van der Waals surface area contributed by atoms with Gasteiger partial charge in [0.05, 0.1) is 10.9 Å². The van der Waals surface area contributed by atoms with Gasteiger partial charge in [0.25, 0.3) is 0 Å². The first-order valence-corrected chi connectivity index (χ1v) is 10.2. The van der Waals surface area contributed by atoms with Gasteiger partial charge in [-0.2, -0.15) is 0 Å². The summed E-state index contributed by atoms with van der Waals surface area (Å²) in [7, 11) is 0. The van der Waals surface area contributed by atoms with Crippen molar-refractivity contribution < 1.29 is 23.1 Å². The topological polar surface area (TPSA) is 56.5 Å². The van der Waals surface area contributed by atoms with Crippen molar-refractivity contribution in [2.24, 2.45) is 0 Å². The number of halogens is 2. The maximum atomic E-state index is 13.5. The second-order valence-electron chi connectivity index (χ2n) is 7.59. The van der Waals surface area contributed by atoms with Crippen molar-refractivity contribution in [2.75, 3.05) is 0 Å². The third kappa shape index (κ3) is 3.04. The molecule has 5 rings (SSSR count). The average molecular weight is 413 g/mol. The molecule has 1 aliphatic heterocycles. The normalized spacial score (nSPS) is 19.9. The minimum Gasteiger partial charge on any atom is -0.465 e. The third-order valence-electron chi connectivity index (χ3n) is 5.76. The fraction of sp³-hybridized carbons (Fsp3) is 0.304. The molecule has 0 spiro atoms. The zero-order valence-electron chi connectivity index (χ0n) is 15.6. The molecule has 0 saturated heterocycles. The van der Waals surface area contributed by atoms with Crippen LogP contribution in [0.3, 0.4) is 0 Å². The third-order valence-corrected chi connectivity index (χ3v) is 6.05. The minimum absolute atomic E-state index is 0.00366. The molecule has 0 atom stereocenters. The molecule has 29 heavy (non-hydrogen) atoms. The number of allylic oxidation sites excluding steroid dienone is 4. The Bertz CT molecular complexity index is 1070. The van der Waals surface area contributed by atoms with E-state index in [0.29, 0.717) is 65.4 Å². The summed E-state index contributed by atoms with van der Waals surface area (Å²) in [6.07, 6.45) is 3.75. The van der Waals surface area contributed by atoms with E-state index in [1.165, 1.54) is 12.1 Å². The average Bonchev–Trinajstić information content (AvgIpc) is 3.19. The van der Waals surface area contributed by atoms with Gasteiger partial charge in [0.1, 0.15) is 28.9 Å². The summed E-state index contributed by atoms with van der Waals surface area (Å²) >= 11 is 5.90. The Hall–Kier alpha value is -2.66.